The number of pyridine rings is 1. The predicted octanol–water partition coefficient (Wildman–Crippen LogP) is 1.77. The number of nitrogens with zero attached hydrogens (tertiary/aromatic N) is 3. The predicted molar refractivity (Wildman–Crippen MR) is 72.5 cm³/mol. The molecule has 0 saturated carbocycles. The van der Waals surface area contributed by atoms with Crippen LogP contribution in [-0.2, 0) is 4.79 Å². The first-order valence-corrected chi connectivity index (χ1v) is 6.67. The minimum Gasteiger partial charge on any atom is -0.370 e. The third-order valence-electron chi connectivity index (χ3n) is 3.24. The molecule has 1 N–H and O–H groups in total. The number of rotatable bonds is 4. The van der Waals surface area contributed by atoms with Gasteiger partial charge in [-0.3, -0.25) is 4.79 Å². The van der Waals surface area contributed by atoms with Gasteiger partial charge >= 0.3 is 0 Å². The van der Waals surface area contributed by atoms with E-state index in [1.165, 1.54) is 6.42 Å². The molecule has 0 bridgehead atoms. The summed E-state index contributed by atoms with van der Waals surface area (Å²) in [6.07, 6.45) is 5.52. The van der Waals surface area contributed by atoms with Crippen molar-refractivity contribution >= 4 is 11.7 Å². The lowest BCUT2D eigenvalue weighted by Gasteiger charge is -2.26. The Morgan fingerprint density at radius 1 is 1.42 bits per heavy atom. The second-order valence-corrected chi connectivity index (χ2v) is 4.66. The summed E-state index contributed by atoms with van der Waals surface area (Å²) in [4.78, 5) is 18.0. The average molecular weight is 258 g/mol. The van der Waals surface area contributed by atoms with Crippen molar-refractivity contribution in [3.05, 3.63) is 23.9 Å². The number of piperidine rings is 1. The van der Waals surface area contributed by atoms with Crippen molar-refractivity contribution in [3.8, 4) is 6.07 Å². The molecule has 0 radical (unpaired) electrons. The molecular formula is C14H18N4O. The van der Waals surface area contributed by atoms with E-state index in [-0.39, 0.29) is 5.91 Å². The monoisotopic (exact) mass is 258 g/mol. The normalized spacial score (nSPS) is 14.8. The molecule has 1 aromatic heterocycles. The Labute approximate surface area is 113 Å². The highest BCUT2D eigenvalue weighted by atomic mass is 16.2. The van der Waals surface area contributed by atoms with Gasteiger partial charge in [-0.15, -0.1) is 0 Å². The molecule has 0 aromatic carbocycles. The van der Waals surface area contributed by atoms with Crippen LogP contribution in [0.15, 0.2) is 18.3 Å². The van der Waals surface area contributed by atoms with Crippen LogP contribution in [0, 0.1) is 11.3 Å². The summed E-state index contributed by atoms with van der Waals surface area (Å²) >= 11 is 0. The van der Waals surface area contributed by atoms with Gasteiger partial charge in [0.2, 0.25) is 5.91 Å². The van der Waals surface area contributed by atoms with Crippen molar-refractivity contribution in [2.24, 2.45) is 0 Å². The lowest BCUT2D eigenvalue weighted by atomic mass is 10.1. The quantitative estimate of drug-likeness (QED) is 0.893. The van der Waals surface area contributed by atoms with Crippen LogP contribution in [0.2, 0.25) is 0 Å². The van der Waals surface area contributed by atoms with Gasteiger partial charge in [-0.2, -0.15) is 5.26 Å². The number of carbonyl (C=O) groups is 1. The molecule has 1 aliphatic heterocycles. The van der Waals surface area contributed by atoms with Crippen molar-refractivity contribution in [3.63, 3.8) is 0 Å². The van der Waals surface area contributed by atoms with Crippen molar-refractivity contribution in [1.82, 2.24) is 9.88 Å². The lowest BCUT2D eigenvalue weighted by Crippen LogP contribution is -2.36. The van der Waals surface area contributed by atoms with Gasteiger partial charge in [0.05, 0.1) is 11.6 Å². The van der Waals surface area contributed by atoms with Crippen LogP contribution in [0.4, 0.5) is 5.82 Å². The highest BCUT2D eigenvalue weighted by Crippen LogP contribution is 2.10. The fraction of sp³-hybridized carbons (Fsp3) is 0.500. The number of hydrogen-bond donors (Lipinski definition) is 1. The average Bonchev–Trinajstić information content (AvgIpc) is 2.48. The topological polar surface area (TPSA) is 69.0 Å². The van der Waals surface area contributed by atoms with Gasteiger partial charge < -0.3 is 10.2 Å². The van der Waals surface area contributed by atoms with Gasteiger partial charge in [-0.25, -0.2) is 4.98 Å². The molecule has 100 valence electrons. The molecule has 0 unspecified atom stereocenters. The van der Waals surface area contributed by atoms with Crippen LogP contribution in [0.5, 0.6) is 0 Å². The van der Waals surface area contributed by atoms with E-state index in [2.05, 4.69) is 16.4 Å². The SMILES string of the molecule is N#Cc1ccnc(NCCC(=O)N2CCCCC2)c1. The van der Waals surface area contributed by atoms with Gasteiger partial charge in [-0.1, -0.05) is 0 Å². The summed E-state index contributed by atoms with van der Waals surface area (Å²) in [5.74, 6) is 0.842. The number of aromatic nitrogens is 1. The molecule has 0 atom stereocenters. The highest BCUT2D eigenvalue weighted by Gasteiger charge is 2.15. The minimum absolute atomic E-state index is 0.198. The third kappa shape index (κ3) is 3.95. The molecule has 2 heterocycles. The molecular weight excluding hydrogens is 240 g/mol. The van der Waals surface area contributed by atoms with E-state index in [0.29, 0.717) is 24.3 Å². The summed E-state index contributed by atoms with van der Waals surface area (Å²) < 4.78 is 0. The zero-order valence-electron chi connectivity index (χ0n) is 10.9. The van der Waals surface area contributed by atoms with Crippen LogP contribution in [0.25, 0.3) is 0 Å². The minimum atomic E-state index is 0.198. The summed E-state index contributed by atoms with van der Waals surface area (Å²) in [5.41, 5.74) is 0.569. The molecule has 1 fully saturated rings. The van der Waals surface area contributed by atoms with E-state index in [0.717, 1.165) is 25.9 Å². The smallest absolute Gasteiger partial charge is 0.224 e. The van der Waals surface area contributed by atoms with E-state index < -0.39 is 0 Å². The summed E-state index contributed by atoms with van der Waals surface area (Å²) in [6, 6.07) is 5.41. The first-order valence-electron chi connectivity index (χ1n) is 6.67. The van der Waals surface area contributed by atoms with Crippen LogP contribution in [0.1, 0.15) is 31.2 Å². The Morgan fingerprint density at radius 3 is 2.95 bits per heavy atom. The van der Waals surface area contributed by atoms with Crippen molar-refractivity contribution in [2.75, 3.05) is 25.0 Å². The number of nitriles is 1. The summed E-state index contributed by atoms with van der Waals surface area (Å²) in [7, 11) is 0. The van der Waals surface area contributed by atoms with Crippen molar-refractivity contribution < 1.29 is 4.79 Å². The third-order valence-corrected chi connectivity index (χ3v) is 3.24. The molecule has 1 aromatic rings. The number of nitrogens with one attached hydrogen (secondary N) is 1. The lowest BCUT2D eigenvalue weighted by molar-refractivity contribution is -0.131. The van der Waals surface area contributed by atoms with E-state index in [9.17, 15) is 4.79 Å². The standard InChI is InChI=1S/C14H18N4O/c15-11-12-4-6-16-13(10-12)17-7-5-14(19)18-8-2-1-3-9-18/h4,6,10H,1-3,5,7-9H2,(H,16,17). The number of anilines is 1. The Kier molecular flexibility index (Phi) is 4.73. The maximum absolute atomic E-state index is 11.9. The Bertz CT molecular complexity index is 475. The van der Waals surface area contributed by atoms with E-state index in [4.69, 9.17) is 5.26 Å². The Balaban J connectivity index is 1.76. The fourth-order valence-electron chi connectivity index (χ4n) is 2.20. The number of likely N-dealkylation sites (tertiary alicyclic amines) is 1. The van der Waals surface area contributed by atoms with Gasteiger partial charge in [0.1, 0.15) is 5.82 Å². The molecule has 5 heteroatoms. The van der Waals surface area contributed by atoms with Crippen LogP contribution in [-0.4, -0.2) is 35.4 Å². The second-order valence-electron chi connectivity index (χ2n) is 4.66. The highest BCUT2D eigenvalue weighted by molar-refractivity contribution is 5.76. The van der Waals surface area contributed by atoms with Crippen molar-refractivity contribution in [1.29, 1.82) is 5.26 Å². The van der Waals surface area contributed by atoms with Gasteiger partial charge in [0.15, 0.2) is 0 Å². The number of carbonyl (C=O) groups excluding carboxylic acids is 1. The maximum atomic E-state index is 11.9. The van der Waals surface area contributed by atoms with Crippen molar-refractivity contribution in [2.45, 2.75) is 25.7 Å². The number of hydrogen-bond acceptors (Lipinski definition) is 4. The zero-order chi connectivity index (χ0) is 13.5. The second kappa shape index (κ2) is 6.74. The largest absolute Gasteiger partial charge is 0.370 e. The maximum Gasteiger partial charge on any atom is 0.224 e. The van der Waals surface area contributed by atoms with Crippen LogP contribution >= 0.6 is 0 Å². The molecule has 2 rings (SSSR count). The van der Waals surface area contributed by atoms with Gasteiger partial charge in [0.25, 0.3) is 0 Å². The van der Waals surface area contributed by atoms with E-state index in [1.807, 2.05) is 4.90 Å². The van der Waals surface area contributed by atoms with Gasteiger partial charge in [0, 0.05) is 32.3 Å². The molecule has 1 aliphatic rings. The zero-order valence-corrected chi connectivity index (χ0v) is 10.9. The van der Waals surface area contributed by atoms with E-state index >= 15 is 0 Å². The van der Waals surface area contributed by atoms with Gasteiger partial charge in [-0.05, 0) is 31.4 Å². The molecule has 0 aliphatic carbocycles. The summed E-state index contributed by atoms with van der Waals surface area (Å²) in [5, 5.41) is 11.9. The first kappa shape index (κ1) is 13.3. The molecule has 0 spiro atoms. The summed E-state index contributed by atoms with van der Waals surface area (Å²) in [6.45, 7) is 2.33. The molecule has 19 heavy (non-hydrogen) atoms. The Morgan fingerprint density at radius 2 is 2.21 bits per heavy atom. The molecule has 1 saturated heterocycles. The van der Waals surface area contributed by atoms with Crippen LogP contribution in [0.3, 0.4) is 0 Å². The fourth-order valence-corrected chi connectivity index (χ4v) is 2.20. The van der Waals surface area contributed by atoms with E-state index in [1.54, 1.807) is 18.3 Å². The first-order chi connectivity index (χ1) is 9.29. The molecule has 1 amide bonds. The molecule has 5 nitrogen and oxygen atoms in total. The number of amides is 1. The van der Waals surface area contributed by atoms with Crippen LogP contribution < -0.4 is 5.32 Å². The Hall–Kier alpha value is -2.09.